The molecular weight excluding hydrogens is 246 g/mol. The standard InChI is InChI=1S/C11H16ClNO4/c1-11(2,3)17-10(16)13-6-7(5-12)4-8(13)9(14)15/h5,8H,4,6H2,1-3H3,(H,14,15)/b7-5-/t8-/m0/s1. The summed E-state index contributed by atoms with van der Waals surface area (Å²) in [5, 5.41) is 9.02. The van der Waals surface area contributed by atoms with Crippen LogP contribution in [0.3, 0.4) is 0 Å². The SMILES string of the molecule is CC(C)(C)OC(=O)N1C/C(=C\Cl)C[C@H]1C(=O)O. The maximum Gasteiger partial charge on any atom is 0.411 e. The molecule has 1 aliphatic heterocycles. The van der Waals surface area contributed by atoms with Crippen molar-refractivity contribution < 1.29 is 19.4 Å². The summed E-state index contributed by atoms with van der Waals surface area (Å²) in [6.45, 7) is 5.40. The molecule has 96 valence electrons. The second-order valence-electron chi connectivity index (χ2n) is 4.93. The predicted molar refractivity (Wildman–Crippen MR) is 62.9 cm³/mol. The molecule has 1 heterocycles. The van der Waals surface area contributed by atoms with Gasteiger partial charge in [0.25, 0.3) is 0 Å². The molecule has 1 atom stereocenters. The molecule has 1 amide bonds. The van der Waals surface area contributed by atoms with E-state index in [-0.39, 0.29) is 13.0 Å². The first-order valence-corrected chi connectivity index (χ1v) is 5.69. The summed E-state index contributed by atoms with van der Waals surface area (Å²) in [7, 11) is 0. The predicted octanol–water partition coefficient (Wildman–Crippen LogP) is 2.20. The van der Waals surface area contributed by atoms with Crippen molar-refractivity contribution in [3.8, 4) is 0 Å². The fourth-order valence-corrected chi connectivity index (χ4v) is 1.72. The lowest BCUT2D eigenvalue weighted by atomic mass is 10.2. The minimum absolute atomic E-state index is 0.204. The lowest BCUT2D eigenvalue weighted by molar-refractivity contribution is -0.142. The van der Waals surface area contributed by atoms with E-state index in [2.05, 4.69) is 0 Å². The van der Waals surface area contributed by atoms with Crippen molar-refractivity contribution >= 4 is 23.7 Å². The van der Waals surface area contributed by atoms with E-state index in [1.54, 1.807) is 20.8 Å². The Morgan fingerprint density at radius 2 is 2.12 bits per heavy atom. The number of halogens is 1. The van der Waals surface area contributed by atoms with Gasteiger partial charge in [-0.3, -0.25) is 4.90 Å². The number of hydrogen-bond acceptors (Lipinski definition) is 3. The van der Waals surface area contributed by atoms with Crippen molar-refractivity contribution in [3.63, 3.8) is 0 Å². The number of likely N-dealkylation sites (tertiary alicyclic amines) is 1. The number of carboxylic acids is 1. The molecule has 1 fully saturated rings. The van der Waals surface area contributed by atoms with Crippen molar-refractivity contribution in [2.75, 3.05) is 6.54 Å². The minimum atomic E-state index is -1.05. The summed E-state index contributed by atoms with van der Waals surface area (Å²) in [6.07, 6.45) is -0.378. The average molecular weight is 262 g/mol. The summed E-state index contributed by atoms with van der Waals surface area (Å²) in [4.78, 5) is 24.0. The van der Waals surface area contributed by atoms with Crippen molar-refractivity contribution in [2.45, 2.75) is 38.8 Å². The highest BCUT2D eigenvalue weighted by atomic mass is 35.5. The maximum atomic E-state index is 11.8. The molecule has 1 aliphatic rings. The minimum Gasteiger partial charge on any atom is -0.480 e. The Morgan fingerprint density at radius 1 is 1.53 bits per heavy atom. The molecule has 5 nitrogen and oxygen atoms in total. The number of ether oxygens (including phenoxy) is 1. The van der Waals surface area contributed by atoms with Gasteiger partial charge in [0.2, 0.25) is 0 Å². The topological polar surface area (TPSA) is 66.8 Å². The van der Waals surface area contributed by atoms with Gasteiger partial charge >= 0.3 is 12.1 Å². The quantitative estimate of drug-likeness (QED) is 0.786. The summed E-state index contributed by atoms with van der Waals surface area (Å²) in [5.41, 5.74) is 1.39. The molecule has 0 radical (unpaired) electrons. The molecule has 1 saturated heterocycles. The van der Waals surface area contributed by atoms with Gasteiger partial charge in [0.1, 0.15) is 11.6 Å². The first-order valence-electron chi connectivity index (χ1n) is 5.25. The van der Waals surface area contributed by atoms with Crippen LogP contribution in [0.2, 0.25) is 0 Å². The monoisotopic (exact) mass is 261 g/mol. The normalized spacial score (nSPS) is 22.9. The highest BCUT2D eigenvalue weighted by Crippen LogP contribution is 2.25. The van der Waals surface area contributed by atoms with Gasteiger partial charge in [0.05, 0.1) is 0 Å². The van der Waals surface area contributed by atoms with Crippen LogP contribution < -0.4 is 0 Å². The molecule has 0 bridgehead atoms. The van der Waals surface area contributed by atoms with Gasteiger partial charge in [-0.15, -0.1) is 0 Å². The van der Waals surface area contributed by atoms with Gasteiger partial charge in [0, 0.05) is 18.5 Å². The van der Waals surface area contributed by atoms with Crippen molar-refractivity contribution in [2.24, 2.45) is 0 Å². The highest BCUT2D eigenvalue weighted by molar-refractivity contribution is 6.25. The van der Waals surface area contributed by atoms with Crippen molar-refractivity contribution in [3.05, 3.63) is 11.1 Å². The highest BCUT2D eigenvalue weighted by Gasteiger charge is 2.38. The van der Waals surface area contributed by atoms with Crippen LogP contribution in [-0.4, -0.2) is 40.3 Å². The average Bonchev–Trinajstić information content (AvgIpc) is 2.58. The number of aliphatic carboxylic acids is 1. The molecule has 1 N–H and O–H groups in total. The van der Waals surface area contributed by atoms with Crippen LogP contribution in [0.25, 0.3) is 0 Å². The van der Waals surface area contributed by atoms with Crippen molar-refractivity contribution in [1.29, 1.82) is 0 Å². The molecule has 1 rings (SSSR count). The molecule has 0 unspecified atom stereocenters. The van der Waals surface area contributed by atoms with E-state index in [0.717, 1.165) is 0 Å². The third-order valence-corrected chi connectivity index (χ3v) is 2.58. The summed E-state index contributed by atoms with van der Waals surface area (Å²) in [6, 6.07) is -0.894. The number of rotatable bonds is 1. The molecule has 0 aliphatic carbocycles. The first-order chi connectivity index (χ1) is 7.74. The molecular formula is C11H16ClNO4. The van der Waals surface area contributed by atoms with Gasteiger partial charge in [0.15, 0.2) is 0 Å². The number of carbonyl (C=O) groups excluding carboxylic acids is 1. The van der Waals surface area contributed by atoms with E-state index >= 15 is 0 Å². The van der Waals surface area contributed by atoms with E-state index in [1.807, 2.05) is 0 Å². The van der Waals surface area contributed by atoms with Crippen LogP contribution in [0.4, 0.5) is 4.79 Å². The number of amides is 1. The Balaban J connectivity index is 2.81. The van der Waals surface area contributed by atoms with Crippen LogP contribution in [0.15, 0.2) is 11.1 Å². The molecule has 0 aromatic heterocycles. The number of nitrogens with zero attached hydrogens (tertiary/aromatic N) is 1. The summed E-state index contributed by atoms with van der Waals surface area (Å²) < 4.78 is 5.15. The van der Waals surface area contributed by atoms with Gasteiger partial charge in [-0.05, 0) is 26.3 Å². The lowest BCUT2D eigenvalue weighted by Gasteiger charge is -2.26. The van der Waals surface area contributed by atoms with Crippen LogP contribution in [0, 0.1) is 0 Å². The van der Waals surface area contributed by atoms with E-state index in [4.69, 9.17) is 21.4 Å². The Hall–Kier alpha value is -1.23. The third-order valence-electron chi connectivity index (χ3n) is 2.27. The Morgan fingerprint density at radius 3 is 2.53 bits per heavy atom. The zero-order valence-corrected chi connectivity index (χ0v) is 10.8. The second-order valence-corrected chi connectivity index (χ2v) is 5.15. The Bertz CT molecular complexity index is 359. The first kappa shape index (κ1) is 13.8. The fourth-order valence-electron chi connectivity index (χ4n) is 1.56. The van der Waals surface area contributed by atoms with Crippen LogP contribution in [0.5, 0.6) is 0 Å². The second kappa shape index (κ2) is 4.96. The van der Waals surface area contributed by atoms with Gasteiger partial charge in [-0.1, -0.05) is 11.6 Å². The van der Waals surface area contributed by atoms with E-state index in [0.29, 0.717) is 5.57 Å². The molecule has 0 spiro atoms. The van der Waals surface area contributed by atoms with E-state index < -0.39 is 23.7 Å². The molecule has 0 saturated carbocycles. The smallest absolute Gasteiger partial charge is 0.411 e. The summed E-state index contributed by atoms with van der Waals surface area (Å²) >= 11 is 5.55. The Kier molecular flexibility index (Phi) is 4.03. The molecule has 6 heteroatoms. The van der Waals surface area contributed by atoms with Crippen LogP contribution in [-0.2, 0) is 9.53 Å². The van der Waals surface area contributed by atoms with E-state index in [9.17, 15) is 9.59 Å². The maximum absolute atomic E-state index is 11.8. The lowest BCUT2D eigenvalue weighted by Crippen LogP contribution is -2.43. The van der Waals surface area contributed by atoms with Gasteiger partial charge in [-0.2, -0.15) is 0 Å². The molecule has 0 aromatic carbocycles. The largest absolute Gasteiger partial charge is 0.480 e. The third kappa shape index (κ3) is 3.63. The fraction of sp³-hybridized carbons (Fsp3) is 0.636. The van der Waals surface area contributed by atoms with Crippen LogP contribution in [0.1, 0.15) is 27.2 Å². The molecule has 17 heavy (non-hydrogen) atoms. The van der Waals surface area contributed by atoms with Crippen LogP contribution >= 0.6 is 11.6 Å². The zero-order valence-electron chi connectivity index (χ0n) is 10.1. The number of carboxylic acid groups (broad SMARTS) is 1. The Labute approximate surface area is 105 Å². The number of carbonyl (C=O) groups is 2. The zero-order chi connectivity index (χ0) is 13.2. The van der Waals surface area contributed by atoms with Gasteiger partial charge in [-0.25, -0.2) is 9.59 Å². The van der Waals surface area contributed by atoms with Crippen molar-refractivity contribution in [1.82, 2.24) is 4.90 Å². The van der Waals surface area contributed by atoms with E-state index in [1.165, 1.54) is 10.4 Å². The number of hydrogen-bond donors (Lipinski definition) is 1. The van der Waals surface area contributed by atoms with Gasteiger partial charge < -0.3 is 9.84 Å². The molecule has 0 aromatic rings. The summed E-state index contributed by atoms with van der Waals surface area (Å²) in [5.74, 6) is -1.05.